The number of carbonyl (C=O) groups excluding carboxylic acids is 1. The van der Waals surface area contributed by atoms with Crippen LogP contribution in [0.15, 0.2) is 30.3 Å². The second-order valence-electron chi connectivity index (χ2n) is 4.72. The molecule has 1 aromatic rings. The Hall–Kier alpha value is -1.06. The van der Waals surface area contributed by atoms with E-state index in [4.69, 9.17) is 5.73 Å². The van der Waals surface area contributed by atoms with Crippen LogP contribution in [0.3, 0.4) is 0 Å². The van der Waals surface area contributed by atoms with Crippen molar-refractivity contribution in [3.05, 3.63) is 35.9 Å². The van der Waals surface area contributed by atoms with Crippen molar-refractivity contribution in [2.24, 2.45) is 5.73 Å². The topological polar surface area (TPSA) is 46.3 Å². The summed E-state index contributed by atoms with van der Waals surface area (Å²) < 4.78 is 0. The zero-order chi connectivity index (χ0) is 13.4. The maximum absolute atomic E-state index is 12.0. The molecule has 0 aliphatic carbocycles. The zero-order valence-corrected chi connectivity index (χ0v) is 12.7. The number of carbonyl (C=O) groups is 1. The van der Waals surface area contributed by atoms with Gasteiger partial charge >= 0.3 is 0 Å². The van der Waals surface area contributed by atoms with E-state index in [-0.39, 0.29) is 24.4 Å². The molecule has 0 fully saturated rings. The monoisotopic (exact) mass is 284 g/mol. The third kappa shape index (κ3) is 7.19. The van der Waals surface area contributed by atoms with Gasteiger partial charge in [0.05, 0.1) is 0 Å². The predicted molar refractivity (Wildman–Crippen MR) is 82.5 cm³/mol. The number of halogens is 1. The number of rotatable bonds is 7. The lowest BCUT2D eigenvalue weighted by Gasteiger charge is -2.21. The third-order valence-corrected chi connectivity index (χ3v) is 3.06. The molecule has 0 saturated heterocycles. The van der Waals surface area contributed by atoms with E-state index >= 15 is 0 Å². The normalized spacial score (nSPS) is 11.5. The molecule has 0 aromatic heterocycles. The van der Waals surface area contributed by atoms with Crippen molar-refractivity contribution >= 4 is 18.3 Å². The van der Waals surface area contributed by atoms with E-state index in [0.29, 0.717) is 6.42 Å². The van der Waals surface area contributed by atoms with Crippen molar-refractivity contribution in [2.45, 2.75) is 39.2 Å². The van der Waals surface area contributed by atoms with Gasteiger partial charge in [-0.1, -0.05) is 30.3 Å². The molecule has 1 atom stereocenters. The van der Waals surface area contributed by atoms with Crippen molar-refractivity contribution < 1.29 is 4.79 Å². The lowest BCUT2D eigenvalue weighted by atomic mass is 10.1. The molecular formula is C15H25ClN2O. The molecule has 0 aliphatic rings. The summed E-state index contributed by atoms with van der Waals surface area (Å²) in [6, 6.07) is 10.4. The molecule has 2 N–H and O–H groups in total. The fourth-order valence-electron chi connectivity index (χ4n) is 1.88. The van der Waals surface area contributed by atoms with Gasteiger partial charge in [-0.15, -0.1) is 12.4 Å². The van der Waals surface area contributed by atoms with Gasteiger partial charge in [-0.05, 0) is 32.3 Å². The summed E-state index contributed by atoms with van der Waals surface area (Å²) in [7, 11) is 0. The van der Waals surface area contributed by atoms with Gasteiger partial charge in [0.2, 0.25) is 5.91 Å². The lowest BCUT2D eigenvalue weighted by Crippen LogP contribution is -2.33. The van der Waals surface area contributed by atoms with Crippen LogP contribution in [-0.4, -0.2) is 29.9 Å². The van der Waals surface area contributed by atoms with Crippen LogP contribution in [0.4, 0.5) is 0 Å². The molecule has 3 nitrogen and oxygen atoms in total. The van der Waals surface area contributed by atoms with Crippen molar-refractivity contribution in [1.29, 1.82) is 0 Å². The van der Waals surface area contributed by atoms with E-state index in [0.717, 1.165) is 25.9 Å². The van der Waals surface area contributed by atoms with Crippen molar-refractivity contribution in [3.63, 3.8) is 0 Å². The Labute approximate surface area is 122 Å². The van der Waals surface area contributed by atoms with E-state index in [9.17, 15) is 4.79 Å². The van der Waals surface area contributed by atoms with Crippen LogP contribution in [0, 0.1) is 0 Å². The quantitative estimate of drug-likeness (QED) is 0.837. The van der Waals surface area contributed by atoms with Crippen LogP contribution in [0.5, 0.6) is 0 Å². The lowest BCUT2D eigenvalue weighted by molar-refractivity contribution is -0.131. The molecular weight excluding hydrogens is 260 g/mol. The highest BCUT2D eigenvalue weighted by molar-refractivity contribution is 5.85. The summed E-state index contributed by atoms with van der Waals surface area (Å²) in [4.78, 5) is 13.9. The smallest absolute Gasteiger partial charge is 0.222 e. The van der Waals surface area contributed by atoms with E-state index < -0.39 is 0 Å². The summed E-state index contributed by atoms with van der Waals surface area (Å²) in [6.07, 6.45) is 2.24. The minimum absolute atomic E-state index is 0. The molecule has 19 heavy (non-hydrogen) atoms. The Kier molecular flexibility index (Phi) is 9.27. The van der Waals surface area contributed by atoms with Crippen molar-refractivity contribution in [3.8, 4) is 0 Å². The average Bonchev–Trinajstić information content (AvgIpc) is 2.38. The fraction of sp³-hybridized carbons (Fsp3) is 0.533. The van der Waals surface area contributed by atoms with Crippen LogP contribution in [0.1, 0.15) is 32.3 Å². The van der Waals surface area contributed by atoms with Gasteiger partial charge in [0.25, 0.3) is 0 Å². The van der Waals surface area contributed by atoms with Crippen LogP contribution in [-0.2, 0) is 11.2 Å². The van der Waals surface area contributed by atoms with Crippen molar-refractivity contribution in [1.82, 2.24) is 4.90 Å². The summed E-state index contributed by atoms with van der Waals surface area (Å²) >= 11 is 0. The number of nitrogens with two attached hydrogens (primary N) is 1. The predicted octanol–water partition coefficient (Wildman–Crippen LogP) is 2.63. The van der Waals surface area contributed by atoms with Crippen LogP contribution in [0.2, 0.25) is 0 Å². The molecule has 0 saturated carbocycles. The Morgan fingerprint density at radius 2 is 1.95 bits per heavy atom. The van der Waals surface area contributed by atoms with Crippen LogP contribution >= 0.6 is 12.4 Å². The second-order valence-corrected chi connectivity index (χ2v) is 4.72. The first-order valence-electron chi connectivity index (χ1n) is 6.70. The molecule has 0 aliphatic heterocycles. The van der Waals surface area contributed by atoms with Gasteiger partial charge in [-0.25, -0.2) is 0 Å². The Bertz CT molecular complexity index is 354. The number of hydrogen-bond acceptors (Lipinski definition) is 2. The largest absolute Gasteiger partial charge is 0.343 e. The highest BCUT2D eigenvalue weighted by Crippen LogP contribution is 2.04. The molecule has 0 bridgehead atoms. The number of amides is 1. The van der Waals surface area contributed by atoms with Gasteiger partial charge in [-0.3, -0.25) is 4.79 Å². The molecule has 0 heterocycles. The fourth-order valence-corrected chi connectivity index (χ4v) is 1.88. The summed E-state index contributed by atoms with van der Waals surface area (Å²) in [5.41, 5.74) is 6.95. The van der Waals surface area contributed by atoms with E-state index in [2.05, 4.69) is 12.1 Å². The Morgan fingerprint density at radius 1 is 1.32 bits per heavy atom. The average molecular weight is 285 g/mol. The number of hydrogen-bond donors (Lipinski definition) is 1. The molecule has 1 rings (SSSR count). The summed E-state index contributed by atoms with van der Waals surface area (Å²) in [6.45, 7) is 5.52. The molecule has 1 amide bonds. The maximum atomic E-state index is 12.0. The summed E-state index contributed by atoms with van der Waals surface area (Å²) in [5.74, 6) is 0.214. The Morgan fingerprint density at radius 3 is 2.47 bits per heavy atom. The van der Waals surface area contributed by atoms with Gasteiger partial charge in [0.15, 0.2) is 0 Å². The molecule has 108 valence electrons. The minimum Gasteiger partial charge on any atom is -0.343 e. The minimum atomic E-state index is 0. The number of nitrogens with zero attached hydrogens (tertiary/aromatic N) is 1. The second kappa shape index (κ2) is 9.82. The Balaban J connectivity index is 0.00000324. The standard InChI is InChI=1S/C15H24N2O.ClH/c1-3-17(15(18)10-9-13(2)16)12-11-14-7-5-4-6-8-14;/h4-8,13H,3,9-12,16H2,1-2H3;1H. The first-order valence-corrected chi connectivity index (χ1v) is 6.70. The van der Waals surface area contributed by atoms with Crippen molar-refractivity contribution in [2.75, 3.05) is 13.1 Å². The molecule has 4 heteroatoms. The third-order valence-electron chi connectivity index (χ3n) is 3.06. The van der Waals surface area contributed by atoms with Crippen LogP contribution in [0.25, 0.3) is 0 Å². The van der Waals surface area contributed by atoms with Crippen LogP contribution < -0.4 is 5.73 Å². The van der Waals surface area contributed by atoms with E-state index in [1.54, 1.807) is 0 Å². The van der Waals surface area contributed by atoms with E-state index in [1.807, 2.05) is 36.9 Å². The maximum Gasteiger partial charge on any atom is 0.222 e. The van der Waals surface area contributed by atoms with E-state index in [1.165, 1.54) is 5.56 Å². The first-order chi connectivity index (χ1) is 8.63. The van der Waals surface area contributed by atoms with Gasteiger partial charge < -0.3 is 10.6 Å². The van der Waals surface area contributed by atoms with Gasteiger partial charge in [0.1, 0.15) is 0 Å². The molecule has 1 unspecified atom stereocenters. The highest BCUT2D eigenvalue weighted by Gasteiger charge is 2.11. The van der Waals surface area contributed by atoms with Gasteiger partial charge in [0, 0.05) is 25.6 Å². The zero-order valence-electron chi connectivity index (χ0n) is 11.8. The highest BCUT2D eigenvalue weighted by atomic mass is 35.5. The SMILES string of the molecule is CCN(CCc1ccccc1)C(=O)CCC(C)N.Cl. The first kappa shape index (κ1) is 17.9. The molecule has 0 radical (unpaired) electrons. The van der Waals surface area contributed by atoms with Gasteiger partial charge in [-0.2, -0.15) is 0 Å². The number of benzene rings is 1. The summed E-state index contributed by atoms with van der Waals surface area (Å²) in [5, 5.41) is 0. The molecule has 1 aromatic carbocycles. The number of likely N-dealkylation sites (N-methyl/N-ethyl adjacent to an activating group) is 1. The molecule has 0 spiro atoms.